The van der Waals surface area contributed by atoms with Gasteiger partial charge in [0.25, 0.3) is 0 Å². The molecule has 1 aliphatic rings. The number of methoxy groups -OCH3 is 1. The third-order valence-electron chi connectivity index (χ3n) is 3.25. The third kappa shape index (κ3) is 3.67. The number of carbonyl (C=O) groups is 2. The summed E-state index contributed by atoms with van der Waals surface area (Å²) in [7, 11) is 1.31. The van der Waals surface area contributed by atoms with E-state index in [0.29, 0.717) is 6.54 Å². The van der Waals surface area contributed by atoms with E-state index in [-0.39, 0.29) is 0 Å². The molecule has 0 N–H and O–H groups in total. The van der Waals surface area contributed by atoms with Crippen LogP contribution in [0.5, 0.6) is 0 Å². The van der Waals surface area contributed by atoms with Crippen molar-refractivity contribution in [1.82, 2.24) is 4.90 Å². The SMILES string of the molecule is COC(=O)[C@H]1C=C(c2ccccc2)CN1C(=O)OC(C)(C)C. The van der Waals surface area contributed by atoms with Crippen LogP contribution >= 0.6 is 0 Å². The number of hydrogen-bond donors (Lipinski definition) is 0. The fourth-order valence-corrected chi connectivity index (χ4v) is 2.27. The van der Waals surface area contributed by atoms with Crippen molar-refractivity contribution in [3.05, 3.63) is 42.0 Å². The van der Waals surface area contributed by atoms with Gasteiger partial charge in [0.05, 0.1) is 13.7 Å². The summed E-state index contributed by atoms with van der Waals surface area (Å²) in [6.45, 7) is 5.69. The fourth-order valence-electron chi connectivity index (χ4n) is 2.27. The minimum atomic E-state index is -0.755. The minimum Gasteiger partial charge on any atom is -0.467 e. The first kappa shape index (κ1) is 16.1. The van der Waals surface area contributed by atoms with E-state index in [4.69, 9.17) is 9.47 Å². The highest BCUT2D eigenvalue weighted by Crippen LogP contribution is 2.27. The molecule has 1 heterocycles. The van der Waals surface area contributed by atoms with Gasteiger partial charge >= 0.3 is 12.1 Å². The summed E-state index contributed by atoms with van der Waals surface area (Å²) >= 11 is 0. The van der Waals surface area contributed by atoms with Crippen molar-refractivity contribution in [2.75, 3.05) is 13.7 Å². The smallest absolute Gasteiger partial charge is 0.411 e. The first-order chi connectivity index (χ1) is 10.3. The van der Waals surface area contributed by atoms with Gasteiger partial charge in [-0.1, -0.05) is 30.3 Å². The molecular formula is C17H21NO4. The van der Waals surface area contributed by atoms with E-state index in [1.54, 1.807) is 26.8 Å². The Hall–Kier alpha value is -2.30. The van der Waals surface area contributed by atoms with Gasteiger partial charge in [-0.25, -0.2) is 9.59 Å². The van der Waals surface area contributed by atoms with E-state index in [0.717, 1.165) is 11.1 Å². The second kappa shape index (κ2) is 6.22. The number of esters is 1. The van der Waals surface area contributed by atoms with Crippen molar-refractivity contribution in [1.29, 1.82) is 0 Å². The van der Waals surface area contributed by atoms with E-state index >= 15 is 0 Å². The molecule has 1 aliphatic heterocycles. The van der Waals surface area contributed by atoms with Crippen molar-refractivity contribution >= 4 is 17.6 Å². The second-order valence-corrected chi connectivity index (χ2v) is 6.13. The molecular weight excluding hydrogens is 282 g/mol. The van der Waals surface area contributed by atoms with Crippen molar-refractivity contribution in [2.24, 2.45) is 0 Å². The highest BCUT2D eigenvalue weighted by molar-refractivity contribution is 5.90. The van der Waals surface area contributed by atoms with Gasteiger partial charge in [-0.05, 0) is 38.0 Å². The minimum absolute atomic E-state index is 0.318. The molecule has 1 aromatic rings. The number of carbonyl (C=O) groups excluding carboxylic acids is 2. The van der Waals surface area contributed by atoms with Crippen molar-refractivity contribution < 1.29 is 19.1 Å². The Morgan fingerprint density at radius 3 is 2.36 bits per heavy atom. The lowest BCUT2D eigenvalue weighted by atomic mass is 10.1. The van der Waals surface area contributed by atoms with Crippen LogP contribution in [0.3, 0.4) is 0 Å². The Balaban J connectivity index is 2.25. The molecule has 1 amide bonds. The molecule has 0 aliphatic carbocycles. The first-order valence-corrected chi connectivity index (χ1v) is 7.15. The average Bonchev–Trinajstić information content (AvgIpc) is 2.91. The topological polar surface area (TPSA) is 55.8 Å². The number of nitrogens with zero attached hydrogens (tertiary/aromatic N) is 1. The van der Waals surface area contributed by atoms with Crippen LogP contribution in [0.25, 0.3) is 5.57 Å². The molecule has 0 bridgehead atoms. The molecule has 118 valence electrons. The standard InChI is InChI=1S/C17H21NO4/c1-17(2,3)22-16(20)18-11-13(10-14(18)15(19)21-4)12-8-6-5-7-9-12/h5-10,14H,11H2,1-4H3/t14-/m1/s1. The maximum absolute atomic E-state index is 12.3. The highest BCUT2D eigenvalue weighted by atomic mass is 16.6. The quantitative estimate of drug-likeness (QED) is 0.788. The lowest BCUT2D eigenvalue weighted by Gasteiger charge is -2.27. The number of hydrogen-bond acceptors (Lipinski definition) is 4. The maximum atomic E-state index is 12.3. The number of ether oxygens (including phenoxy) is 2. The molecule has 1 atom stereocenters. The lowest BCUT2D eigenvalue weighted by Crippen LogP contribution is -2.44. The molecule has 5 heteroatoms. The van der Waals surface area contributed by atoms with Crippen LogP contribution in [0, 0.1) is 0 Å². The van der Waals surface area contributed by atoms with Crippen LogP contribution in [0.15, 0.2) is 36.4 Å². The van der Waals surface area contributed by atoms with E-state index < -0.39 is 23.7 Å². The Morgan fingerprint density at radius 1 is 1.18 bits per heavy atom. The van der Waals surface area contributed by atoms with Crippen molar-refractivity contribution in [2.45, 2.75) is 32.4 Å². The van der Waals surface area contributed by atoms with Gasteiger partial charge < -0.3 is 9.47 Å². The molecule has 1 aromatic carbocycles. The van der Waals surface area contributed by atoms with E-state index in [1.165, 1.54) is 12.0 Å². The monoisotopic (exact) mass is 303 g/mol. The zero-order valence-electron chi connectivity index (χ0n) is 13.3. The zero-order chi connectivity index (χ0) is 16.3. The lowest BCUT2D eigenvalue weighted by molar-refractivity contribution is -0.144. The third-order valence-corrected chi connectivity index (χ3v) is 3.25. The molecule has 0 saturated heterocycles. The van der Waals surface area contributed by atoms with Crippen LogP contribution in [0.1, 0.15) is 26.3 Å². The number of amides is 1. The van der Waals surface area contributed by atoms with Gasteiger partial charge in [-0.15, -0.1) is 0 Å². The van der Waals surface area contributed by atoms with E-state index in [9.17, 15) is 9.59 Å². The van der Waals surface area contributed by atoms with Crippen LogP contribution in [0.2, 0.25) is 0 Å². The largest absolute Gasteiger partial charge is 0.467 e. The maximum Gasteiger partial charge on any atom is 0.411 e. The molecule has 22 heavy (non-hydrogen) atoms. The molecule has 0 fully saturated rings. The van der Waals surface area contributed by atoms with Crippen LogP contribution in [0.4, 0.5) is 4.79 Å². The predicted octanol–water partition coefficient (Wildman–Crippen LogP) is 2.86. The summed E-state index contributed by atoms with van der Waals surface area (Å²) in [6, 6.07) is 8.88. The summed E-state index contributed by atoms with van der Waals surface area (Å²) in [5.74, 6) is -0.475. The van der Waals surface area contributed by atoms with Gasteiger partial charge in [0.1, 0.15) is 5.60 Å². The van der Waals surface area contributed by atoms with Crippen molar-refractivity contribution in [3.8, 4) is 0 Å². The van der Waals surface area contributed by atoms with E-state index in [2.05, 4.69) is 0 Å². The molecule has 0 aromatic heterocycles. The van der Waals surface area contributed by atoms with Gasteiger partial charge in [-0.2, -0.15) is 0 Å². The average molecular weight is 303 g/mol. The summed E-state index contributed by atoms with van der Waals surface area (Å²) in [5, 5.41) is 0. The van der Waals surface area contributed by atoms with Crippen molar-refractivity contribution in [3.63, 3.8) is 0 Å². The molecule has 0 unspecified atom stereocenters. The Kier molecular flexibility index (Phi) is 4.54. The number of rotatable bonds is 2. The normalized spacial score (nSPS) is 17.9. The molecule has 0 radical (unpaired) electrons. The Morgan fingerprint density at radius 2 is 1.82 bits per heavy atom. The number of benzene rings is 1. The van der Waals surface area contributed by atoms with Crippen LogP contribution < -0.4 is 0 Å². The highest BCUT2D eigenvalue weighted by Gasteiger charge is 2.37. The summed E-state index contributed by atoms with van der Waals surface area (Å²) in [6.07, 6.45) is 1.23. The summed E-state index contributed by atoms with van der Waals surface area (Å²) < 4.78 is 10.2. The summed E-state index contributed by atoms with van der Waals surface area (Å²) in [4.78, 5) is 25.7. The molecule has 5 nitrogen and oxygen atoms in total. The first-order valence-electron chi connectivity index (χ1n) is 7.15. The second-order valence-electron chi connectivity index (χ2n) is 6.13. The van der Waals surface area contributed by atoms with E-state index in [1.807, 2.05) is 30.3 Å². The Bertz CT molecular complexity index is 586. The predicted molar refractivity (Wildman–Crippen MR) is 83.2 cm³/mol. The molecule has 0 spiro atoms. The van der Waals surface area contributed by atoms with Gasteiger partial charge in [0, 0.05) is 0 Å². The summed E-state index contributed by atoms with van der Waals surface area (Å²) in [5.41, 5.74) is 1.26. The van der Waals surface area contributed by atoms with Gasteiger partial charge in [-0.3, -0.25) is 4.90 Å². The Labute approximate surface area is 130 Å². The molecule has 0 saturated carbocycles. The van der Waals surface area contributed by atoms with Crippen LogP contribution in [-0.2, 0) is 14.3 Å². The van der Waals surface area contributed by atoms with Gasteiger partial charge in [0.2, 0.25) is 0 Å². The van der Waals surface area contributed by atoms with Crippen LogP contribution in [-0.4, -0.2) is 42.3 Å². The zero-order valence-corrected chi connectivity index (χ0v) is 13.3. The van der Waals surface area contributed by atoms with Gasteiger partial charge in [0.15, 0.2) is 6.04 Å². The fraction of sp³-hybridized carbons (Fsp3) is 0.412. The molecule has 2 rings (SSSR count).